The van der Waals surface area contributed by atoms with E-state index in [1.54, 1.807) is 43.3 Å². The Morgan fingerprint density at radius 1 is 0.852 bits per heavy atom. The van der Waals surface area contributed by atoms with Gasteiger partial charge in [-0.2, -0.15) is 0 Å². The fourth-order valence-electron chi connectivity index (χ4n) is 2.34. The van der Waals surface area contributed by atoms with Crippen molar-refractivity contribution in [1.82, 2.24) is 5.32 Å². The van der Waals surface area contributed by atoms with Crippen LogP contribution in [0.3, 0.4) is 0 Å². The fraction of sp³-hybridized carbons (Fsp3) is 0.0952. The number of aromatic hydroxyl groups is 1. The van der Waals surface area contributed by atoms with Crippen molar-refractivity contribution in [3.8, 4) is 23.0 Å². The lowest BCUT2D eigenvalue weighted by Crippen LogP contribution is -2.39. The standard InChI is InChI=1S/C21H20N2O4/c1-15(26-19-13-9-17(24)10-14-19)22-21(25)23-16-7-11-20(12-8-16)27-18-5-3-2-4-6-18/h2-15,24H,1H3,(H2,22,23,25). The summed E-state index contributed by atoms with van der Waals surface area (Å²) in [5, 5.41) is 14.7. The van der Waals surface area contributed by atoms with Crippen LogP contribution in [0.1, 0.15) is 6.92 Å². The summed E-state index contributed by atoms with van der Waals surface area (Å²) in [5.41, 5.74) is 0.629. The van der Waals surface area contributed by atoms with Crippen LogP contribution in [0.15, 0.2) is 78.9 Å². The number of carbonyl (C=O) groups is 1. The van der Waals surface area contributed by atoms with Crippen molar-refractivity contribution in [3.05, 3.63) is 78.9 Å². The van der Waals surface area contributed by atoms with E-state index in [2.05, 4.69) is 10.6 Å². The number of nitrogens with one attached hydrogen (secondary N) is 2. The van der Waals surface area contributed by atoms with Crippen molar-refractivity contribution in [3.63, 3.8) is 0 Å². The largest absolute Gasteiger partial charge is 0.508 e. The molecule has 1 unspecified atom stereocenters. The summed E-state index contributed by atoms with van der Waals surface area (Å²) in [6.45, 7) is 1.71. The van der Waals surface area contributed by atoms with E-state index in [4.69, 9.17) is 9.47 Å². The quantitative estimate of drug-likeness (QED) is 0.552. The van der Waals surface area contributed by atoms with Gasteiger partial charge in [0.1, 0.15) is 23.0 Å². The van der Waals surface area contributed by atoms with Gasteiger partial charge in [0.05, 0.1) is 0 Å². The maximum atomic E-state index is 12.1. The molecule has 2 amide bonds. The molecule has 0 aliphatic carbocycles. The molecule has 0 spiro atoms. The maximum absolute atomic E-state index is 12.1. The maximum Gasteiger partial charge on any atom is 0.322 e. The van der Waals surface area contributed by atoms with Crippen molar-refractivity contribution in [2.75, 3.05) is 5.32 Å². The molecule has 6 nitrogen and oxygen atoms in total. The molecule has 138 valence electrons. The van der Waals surface area contributed by atoms with Gasteiger partial charge in [-0.1, -0.05) is 18.2 Å². The summed E-state index contributed by atoms with van der Waals surface area (Å²) in [5.74, 6) is 2.12. The Morgan fingerprint density at radius 2 is 1.44 bits per heavy atom. The van der Waals surface area contributed by atoms with Gasteiger partial charge in [0.2, 0.25) is 0 Å². The zero-order valence-corrected chi connectivity index (χ0v) is 14.8. The molecule has 0 aliphatic heterocycles. The Labute approximate surface area is 157 Å². The molecule has 3 rings (SSSR count). The third-order valence-electron chi connectivity index (χ3n) is 3.58. The molecule has 3 N–H and O–H groups in total. The first-order valence-corrected chi connectivity index (χ1v) is 8.45. The SMILES string of the molecule is CC(NC(=O)Nc1ccc(Oc2ccccc2)cc1)Oc1ccc(O)cc1. The van der Waals surface area contributed by atoms with E-state index in [1.165, 1.54) is 12.1 Å². The molecule has 0 radical (unpaired) electrons. The Balaban J connectivity index is 1.49. The van der Waals surface area contributed by atoms with Crippen molar-refractivity contribution in [2.45, 2.75) is 13.2 Å². The summed E-state index contributed by atoms with van der Waals surface area (Å²) in [6, 6.07) is 22.4. The topological polar surface area (TPSA) is 79.8 Å². The van der Waals surface area contributed by atoms with Gasteiger partial charge in [0.15, 0.2) is 6.23 Å². The number of amides is 2. The highest BCUT2D eigenvalue weighted by Gasteiger charge is 2.09. The molecule has 0 aliphatic rings. The zero-order chi connectivity index (χ0) is 19.1. The van der Waals surface area contributed by atoms with Gasteiger partial charge < -0.3 is 25.2 Å². The van der Waals surface area contributed by atoms with Crippen LogP contribution in [-0.4, -0.2) is 17.4 Å². The Bertz CT molecular complexity index is 865. The van der Waals surface area contributed by atoms with E-state index >= 15 is 0 Å². The predicted octanol–water partition coefficient (Wildman–Crippen LogP) is 4.73. The van der Waals surface area contributed by atoms with Crippen molar-refractivity contribution in [1.29, 1.82) is 0 Å². The molecule has 0 bridgehead atoms. The first-order chi connectivity index (χ1) is 13.1. The van der Waals surface area contributed by atoms with E-state index in [9.17, 15) is 9.90 Å². The third kappa shape index (κ3) is 5.67. The molecule has 0 saturated heterocycles. The number of phenolic OH excluding ortho intramolecular Hbond substituents is 1. The molecule has 0 saturated carbocycles. The summed E-state index contributed by atoms with van der Waals surface area (Å²) in [4.78, 5) is 12.1. The third-order valence-corrected chi connectivity index (χ3v) is 3.58. The minimum Gasteiger partial charge on any atom is -0.508 e. The average molecular weight is 364 g/mol. The van der Waals surface area contributed by atoms with Crippen LogP contribution >= 0.6 is 0 Å². The summed E-state index contributed by atoms with van der Waals surface area (Å²) in [6.07, 6.45) is -0.546. The smallest absolute Gasteiger partial charge is 0.322 e. The van der Waals surface area contributed by atoms with Gasteiger partial charge in [-0.3, -0.25) is 0 Å². The number of para-hydroxylation sites is 1. The van der Waals surface area contributed by atoms with Crippen LogP contribution in [0.25, 0.3) is 0 Å². The number of ether oxygens (including phenoxy) is 2. The van der Waals surface area contributed by atoms with Gasteiger partial charge in [0.25, 0.3) is 0 Å². The predicted molar refractivity (Wildman–Crippen MR) is 103 cm³/mol. The molecular weight excluding hydrogens is 344 g/mol. The molecule has 3 aromatic rings. The lowest BCUT2D eigenvalue weighted by molar-refractivity contribution is 0.183. The number of carbonyl (C=O) groups excluding carboxylic acids is 1. The van der Waals surface area contributed by atoms with E-state index in [1.807, 2.05) is 30.3 Å². The van der Waals surface area contributed by atoms with Gasteiger partial charge >= 0.3 is 6.03 Å². The lowest BCUT2D eigenvalue weighted by Gasteiger charge is -2.17. The van der Waals surface area contributed by atoms with Gasteiger partial charge in [-0.05, 0) is 67.6 Å². The molecule has 27 heavy (non-hydrogen) atoms. The Hall–Kier alpha value is -3.67. The summed E-state index contributed by atoms with van der Waals surface area (Å²) >= 11 is 0. The minimum atomic E-state index is -0.546. The second-order valence-corrected chi connectivity index (χ2v) is 5.79. The van der Waals surface area contributed by atoms with Crippen LogP contribution < -0.4 is 20.1 Å². The van der Waals surface area contributed by atoms with Crippen LogP contribution in [0, 0.1) is 0 Å². The van der Waals surface area contributed by atoms with E-state index < -0.39 is 12.3 Å². The van der Waals surface area contributed by atoms with Crippen LogP contribution in [-0.2, 0) is 0 Å². The second kappa shape index (κ2) is 8.62. The molecule has 0 heterocycles. The van der Waals surface area contributed by atoms with Crippen LogP contribution in [0.4, 0.5) is 10.5 Å². The highest BCUT2D eigenvalue weighted by atomic mass is 16.5. The van der Waals surface area contributed by atoms with Gasteiger partial charge in [-0.25, -0.2) is 4.79 Å². The molecule has 0 fully saturated rings. The number of phenols is 1. The minimum absolute atomic E-state index is 0.153. The van der Waals surface area contributed by atoms with E-state index in [0.29, 0.717) is 17.2 Å². The first-order valence-electron chi connectivity index (χ1n) is 8.45. The molecule has 1 atom stereocenters. The zero-order valence-electron chi connectivity index (χ0n) is 14.8. The van der Waals surface area contributed by atoms with Crippen molar-refractivity contribution < 1.29 is 19.4 Å². The number of anilines is 1. The number of rotatable bonds is 6. The second-order valence-electron chi connectivity index (χ2n) is 5.79. The summed E-state index contributed by atoms with van der Waals surface area (Å²) in [7, 11) is 0. The number of hydrogen-bond acceptors (Lipinski definition) is 4. The molecular formula is C21H20N2O4. The highest BCUT2D eigenvalue weighted by Crippen LogP contribution is 2.22. The van der Waals surface area contributed by atoms with E-state index in [0.717, 1.165) is 5.75 Å². The van der Waals surface area contributed by atoms with Crippen LogP contribution in [0.2, 0.25) is 0 Å². The average Bonchev–Trinajstić information content (AvgIpc) is 2.66. The highest BCUT2D eigenvalue weighted by molar-refractivity contribution is 5.89. The van der Waals surface area contributed by atoms with Crippen LogP contribution in [0.5, 0.6) is 23.0 Å². The lowest BCUT2D eigenvalue weighted by atomic mass is 10.3. The fourth-order valence-corrected chi connectivity index (χ4v) is 2.34. The van der Waals surface area contributed by atoms with Crippen molar-refractivity contribution in [2.24, 2.45) is 0 Å². The first kappa shape index (κ1) is 18.1. The van der Waals surface area contributed by atoms with Gasteiger partial charge in [-0.15, -0.1) is 0 Å². The molecule has 3 aromatic carbocycles. The monoisotopic (exact) mass is 364 g/mol. The Morgan fingerprint density at radius 3 is 2.11 bits per heavy atom. The van der Waals surface area contributed by atoms with Gasteiger partial charge in [0, 0.05) is 5.69 Å². The number of benzene rings is 3. The number of urea groups is 1. The van der Waals surface area contributed by atoms with Crippen molar-refractivity contribution >= 4 is 11.7 Å². The van der Waals surface area contributed by atoms with E-state index in [-0.39, 0.29) is 5.75 Å². The molecule has 0 aromatic heterocycles. The normalized spacial score (nSPS) is 11.3. The summed E-state index contributed by atoms with van der Waals surface area (Å²) < 4.78 is 11.3. The molecule has 6 heteroatoms. The Kier molecular flexibility index (Phi) is 5.79. The number of hydrogen-bond donors (Lipinski definition) is 3.